The lowest BCUT2D eigenvalue weighted by atomic mass is 9.85. The Labute approximate surface area is 176 Å². The summed E-state index contributed by atoms with van der Waals surface area (Å²) in [5, 5.41) is 0. The molecule has 3 nitrogen and oxygen atoms in total. The summed E-state index contributed by atoms with van der Waals surface area (Å²) in [7, 11) is 0. The minimum Gasteiger partial charge on any atom is -0.488 e. The summed E-state index contributed by atoms with van der Waals surface area (Å²) < 4.78 is 11.3. The SMILES string of the molecule is CCC(C)CCC(c1ccc(OC(C)=O)cc1)c1ccc(OC(C)(C)CC)cc1. The van der Waals surface area contributed by atoms with Gasteiger partial charge in [0.25, 0.3) is 0 Å². The predicted molar refractivity (Wildman–Crippen MR) is 120 cm³/mol. The van der Waals surface area contributed by atoms with Gasteiger partial charge in [-0.1, -0.05) is 51.5 Å². The fourth-order valence-corrected chi connectivity index (χ4v) is 3.27. The number of hydrogen-bond acceptors (Lipinski definition) is 3. The van der Waals surface area contributed by atoms with Crippen molar-refractivity contribution < 1.29 is 14.3 Å². The summed E-state index contributed by atoms with van der Waals surface area (Å²) in [6, 6.07) is 16.4. The van der Waals surface area contributed by atoms with Gasteiger partial charge in [-0.05, 0) is 74.4 Å². The molecule has 0 aromatic heterocycles. The zero-order valence-corrected chi connectivity index (χ0v) is 18.8. The van der Waals surface area contributed by atoms with Gasteiger partial charge in [-0.15, -0.1) is 0 Å². The summed E-state index contributed by atoms with van der Waals surface area (Å²) in [6.07, 6.45) is 4.41. The standard InChI is InChI=1S/C26H36O3/c1-7-19(3)9-18-25(21-10-14-23(15-11-21)28-20(4)27)22-12-16-24(17-13-22)29-26(5,6)8-2/h10-17,19,25H,7-9,18H2,1-6H3. The van der Waals surface area contributed by atoms with Crippen LogP contribution in [0.3, 0.4) is 0 Å². The Kier molecular flexibility index (Phi) is 8.31. The average molecular weight is 397 g/mol. The molecule has 0 amide bonds. The molecular formula is C26H36O3. The van der Waals surface area contributed by atoms with Crippen molar-refractivity contribution in [1.82, 2.24) is 0 Å². The fraction of sp³-hybridized carbons (Fsp3) is 0.500. The quantitative estimate of drug-likeness (QED) is 0.316. The Bertz CT molecular complexity index is 760. The third kappa shape index (κ3) is 7.23. The lowest BCUT2D eigenvalue weighted by Gasteiger charge is -2.25. The molecule has 2 rings (SSSR count). The summed E-state index contributed by atoms with van der Waals surface area (Å²) in [4.78, 5) is 11.2. The predicted octanol–water partition coefficient (Wildman–Crippen LogP) is 7.14. The zero-order chi connectivity index (χ0) is 21.4. The molecule has 0 aliphatic heterocycles. The number of ether oxygens (including phenoxy) is 2. The summed E-state index contributed by atoms with van der Waals surface area (Å²) in [6.45, 7) is 12.3. The first-order valence-electron chi connectivity index (χ1n) is 10.8. The first-order valence-corrected chi connectivity index (χ1v) is 10.8. The molecular weight excluding hydrogens is 360 g/mol. The van der Waals surface area contributed by atoms with Crippen LogP contribution in [-0.4, -0.2) is 11.6 Å². The van der Waals surface area contributed by atoms with Gasteiger partial charge in [0, 0.05) is 12.8 Å². The highest BCUT2D eigenvalue weighted by molar-refractivity contribution is 5.69. The maximum atomic E-state index is 11.2. The van der Waals surface area contributed by atoms with Gasteiger partial charge in [-0.3, -0.25) is 4.79 Å². The van der Waals surface area contributed by atoms with E-state index < -0.39 is 0 Å². The van der Waals surface area contributed by atoms with E-state index in [0.29, 0.717) is 17.6 Å². The number of rotatable bonds is 10. The van der Waals surface area contributed by atoms with Crippen LogP contribution < -0.4 is 9.47 Å². The molecule has 0 radical (unpaired) electrons. The van der Waals surface area contributed by atoms with E-state index in [0.717, 1.165) is 18.6 Å². The van der Waals surface area contributed by atoms with Gasteiger partial charge in [-0.2, -0.15) is 0 Å². The van der Waals surface area contributed by atoms with Crippen LogP contribution in [0.1, 0.15) is 84.3 Å². The second-order valence-electron chi connectivity index (χ2n) is 8.59. The van der Waals surface area contributed by atoms with E-state index in [-0.39, 0.29) is 11.6 Å². The molecule has 0 bridgehead atoms. The number of hydrogen-bond donors (Lipinski definition) is 0. The molecule has 2 unspecified atom stereocenters. The van der Waals surface area contributed by atoms with Crippen LogP contribution in [0.5, 0.6) is 11.5 Å². The highest BCUT2D eigenvalue weighted by Crippen LogP contribution is 2.33. The average Bonchev–Trinajstić information content (AvgIpc) is 2.69. The molecule has 0 aliphatic carbocycles. The summed E-state index contributed by atoms with van der Waals surface area (Å²) in [5.74, 6) is 2.21. The van der Waals surface area contributed by atoms with Crippen molar-refractivity contribution in [3.63, 3.8) is 0 Å². The van der Waals surface area contributed by atoms with Crippen LogP contribution in [0.25, 0.3) is 0 Å². The van der Waals surface area contributed by atoms with Crippen LogP contribution in [0.15, 0.2) is 48.5 Å². The third-order valence-electron chi connectivity index (χ3n) is 5.72. The van der Waals surface area contributed by atoms with Crippen molar-refractivity contribution in [2.45, 2.75) is 78.7 Å². The molecule has 0 spiro atoms. The van der Waals surface area contributed by atoms with Gasteiger partial charge < -0.3 is 9.47 Å². The van der Waals surface area contributed by atoms with E-state index in [1.165, 1.54) is 30.9 Å². The van der Waals surface area contributed by atoms with Crippen LogP contribution in [0, 0.1) is 5.92 Å². The molecule has 2 atom stereocenters. The van der Waals surface area contributed by atoms with Crippen LogP contribution >= 0.6 is 0 Å². The summed E-state index contributed by atoms with van der Waals surface area (Å²) >= 11 is 0. The van der Waals surface area contributed by atoms with Gasteiger partial charge >= 0.3 is 5.97 Å². The Morgan fingerprint density at radius 1 is 0.897 bits per heavy atom. The van der Waals surface area contributed by atoms with Crippen molar-refractivity contribution in [3.05, 3.63) is 59.7 Å². The molecule has 29 heavy (non-hydrogen) atoms. The smallest absolute Gasteiger partial charge is 0.308 e. The Balaban J connectivity index is 2.24. The summed E-state index contributed by atoms with van der Waals surface area (Å²) in [5.41, 5.74) is 2.37. The maximum Gasteiger partial charge on any atom is 0.308 e. The number of carbonyl (C=O) groups excluding carboxylic acids is 1. The molecule has 3 heteroatoms. The zero-order valence-electron chi connectivity index (χ0n) is 18.8. The lowest BCUT2D eigenvalue weighted by molar-refractivity contribution is -0.131. The molecule has 2 aromatic rings. The number of benzene rings is 2. The second kappa shape index (κ2) is 10.5. The van der Waals surface area contributed by atoms with Gasteiger partial charge in [0.15, 0.2) is 0 Å². The van der Waals surface area contributed by atoms with E-state index in [1.54, 1.807) is 0 Å². The molecule has 0 heterocycles. The molecule has 0 aliphatic rings. The van der Waals surface area contributed by atoms with Crippen LogP contribution in [0.2, 0.25) is 0 Å². The van der Waals surface area contributed by atoms with E-state index in [1.807, 2.05) is 12.1 Å². The Morgan fingerprint density at radius 3 is 1.86 bits per heavy atom. The van der Waals surface area contributed by atoms with Crippen molar-refractivity contribution in [3.8, 4) is 11.5 Å². The van der Waals surface area contributed by atoms with E-state index >= 15 is 0 Å². The fourth-order valence-electron chi connectivity index (χ4n) is 3.27. The minimum absolute atomic E-state index is 0.163. The minimum atomic E-state index is -0.295. The number of carbonyl (C=O) groups is 1. The highest BCUT2D eigenvalue weighted by atomic mass is 16.5. The van der Waals surface area contributed by atoms with E-state index in [4.69, 9.17) is 9.47 Å². The molecule has 158 valence electrons. The topological polar surface area (TPSA) is 35.5 Å². The normalized spacial score (nSPS) is 13.6. The van der Waals surface area contributed by atoms with Crippen LogP contribution in [0.4, 0.5) is 0 Å². The van der Waals surface area contributed by atoms with Crippen LogP contribution in [-0.2, 0) is 4.79 Å². The van der Waals surface area contributed by atoms with Crippen molar-refractivity contribution in [2.75, 3.05) is 0 Å². The van der Waals surface area contributed by atoms with Gasteiger partial charge in [0.05, 0.1) is 0 Å². The maximum absolute atomic E-state index is 11.2. The Hall–Kier alpha value is -2.29. The van der Waals surface area contributed by atoms with E-state index in [9.17, 15) is 4.79 Å². The van der Waals surface area contributed by atoms with E-state index in [2.05, 4.69) is 71.0 Å². The molecule has 0 saturated heterocycles. The highest BCUT2D eigenvalue weighted by Gasteiger charge is 2.19. The lowest BCUT2D eigenvalue weighted by Crippen LogP contribution is -2.26. The molecule has 0 N–H and O–H groups in total. The second-order valence-corrected chi connectivity index (χ2v) is 8.59. The van der Waals surface area contributed by atoms with Crippen molar-refractivity contribution in [2.24, 2.45) is 5.92 Å². The van der Waals surface area contributed by atoms with Gasteiger partial charge in [0.2, 0.25) is 0 Å². The largest absolute Gasteiger partial charge is 0.488 e. The number of esters is 1. The first-order chi connectivity index (χ1) is 13.7. The van der Waals surface area contributed by atoms with Crippen molar-refractivity contribution in [1.29, 1.82) is 0 Å². The third-order valence-corrected chi connectivity index (χ3v) is 5.72. The Morgan fingerprint density at radius 2 is 1.41 bits per heavy atom. The molecule has 0 saturated carbocycles. The molecule has 0 fully saturated rings. The van der Waals surface area contributed by atoms with Gasteiger partial charge in [-0.25, -0.2) is 0 Å². The van der Waals surface area contributed by atoms with Crippen molar-refractivity contribution >= 4 is 5.97 Å². The monoisotopic (exact) mass is 396 g/mol. The molecule has 2 aromatic carbocycles. The van der Waals surface area contributed by atoms with Gasteiger partial charge in [0.1, 0.15) is 17.1 Å². The first kappa shape index (κ1) is 23.0.